The number of piperidine rings is 1. The van der Waals surface area contributed by atoms with E-state index in [1.165, 1.54) is 0 Å². The van der Waals surface area contributed by atoms with E-state index in [2.05, 4.69) is 6.58 Å². The van der Waals surface area contributed by atoms with E-state index >= 15 is 0 Å². The Bertz CT molecular complexity index is 311. The quantitative estimate of drug-likeness (QED) is 0.412. The van der Waals surface area contributed by atoms with Crippen molar-refractivity contribution >= 4 is 17.0 Å². The van der Waals surface area contributed by atoms with Crippen LogP contribution in [0.4, 0.5) is 0 Å². The Kier molecular flexibility index (Phi) is 5.30. The van der Waals surface area contributed by atoms with Crippen LogP contribution in [-0.4, -0.2) is 45.2 Å². The second-order valence-electron chi connectivity index (χ2n) is 4.13. The second-order valence-corrected chi connectivity index (χ2v) is 5.00. The molecule has 1 fully saturated rings. The minimum Gasteiger partial charge on any atom is -0.771 e. The molecule has 0 aromatic heterocycles. The molecule has 1 unspecified atom stereocenters. The average Bonchev–Trinajstić information content (AvgIpc) is 2.30. The van der Waals surface area contributed by atoms with Gasteiger partial charge >= 0.3 is 5.97 Å². The van der Waals surface area contributed by atoms with Crippen LogP contribution >= 0.6 is 0 Å². The molecule has 0 aromatic carbocycles. The summed E-state index contributed by atoms with van der Waals surface area (Å²) in [4.78, 5) is 13.7. The first-order valence-corrected chi connectivity index (χ1v) is 6.87. The topological polar surface area (TPSA) is 69.7 Å². The van der Waals surface area contributed by atoms with Crippen molar-refractivity contribution in [3.8, 4) is 0 Å². The molecular formula is C11H18NO4S-. The van der Waals surface area contributed by atoms with Crippen LogP contribution in [0.25, 0.3) is 0 Å². The lowest BCUT2D eigenvalue weighted by atomic mass is 9.78. The summed E-state index contributed by atoms with van der Waals surface area (Å²) in [6.07, 6.45) is 2.76. The van der Waals surface area contributed by atoms with E-state index < -0.39 is 16.5 Å². The Hall–Kier alpha value is -0.720. The first-order valence-electron chi connectivity index (χ1n) is 5.63. The number of carbonyl (C=O) groups excluding carboxylic acids is 1. The van der Waals surface area contributed by atoms with Crippen LogP contribution in [0.3, 0.4) is 0 Å². The predicted molar refractivity (Wildman–Crippen MR) is 63.9 cm³/mol. The lowest BCUT2D eigenvalue weighted by Crippen LogP contribution is -2.44. The molecule has 1 rings (SSSR count). The third-order valence-corrected chi connectivity index (χ3v) is 3.68. The van der Waals surface area contributed by atoms with Gasteiger partial charge in [-0.25, -0.2) is 0 Å². The van der Waals surface area contributed by atoms with Gasteiger partial charge in [-0.2, -0.15) is 0 Å². The number of ether oxygens (including phenoxy) is 1. The van der Waals surface area contributed by atoms with Gasteiger partial charge in [-0.3, -0.25) is 13.9 Å². The van der Waals surface area contributed by atoms with Crippen molar-refractivity contribution < 1.29 is 18.3 Å². The minimum absolute atomic E-state index is 0.0239. The van der Waals surface area contributed by atoms with Crippen LogP contribution in [0.2, 0.25) is 0 Å². The fraction of sp³-hybridized carbons (Fsp3) is 0.727. The Morgan fingerprint density at radius 3 is 2.59 bits per heavy atom. The summed E-state index contributed by atoms with van der Waals surface area (Å²) >= 11 is -2.07. The molecule has 5 nitrogen and oxygen atoms in total. The van der Waals surface area contributed by atoms with Crippen LogP contribution in [0.1, 0.15) is 19.8 Å². The molecule has 0 spiro atoms. The van der Waals surface area contributed by atoms with Crippen LogP contribution in [0, 0.1) is 5.41 Å². The van der Waals surface area contributed by atoms with Crippen LogP contribution in [0.5, 0.6) is 0 Å². The summed E-state index contributed by atoms with van der Waals surface area (Å²) in [7, 11) is 0. The second kappa shape index (κ2) is 6.28. The maximum absolute atomic E-state index is 11.8. The lowest BCUT2D eigenvalue weighted by Gasteiger charge is -2.38. The number of carbonyl (C=O) groups is 1. The molecule has 0 radical (unpaired) electrons. The third-order valence-electron chi connectivity index (χ3n) is 3.11. The van der Waals surface area contributed by atoms with Crippen molar-refractivity contribution in [2.75, 3.05) is 25.6 Å². The highest BCUT2D eigenvalue weighted by atomic mass is 32.2. The number of esters is 1. The van der Waals surface area contributed by atoms with Crippen molar-refractivity contribution in [2.24, 2.45) is 5.41 Å². The number of likely N-dealkylation sites (tertiary alicyclic amines) is 1. The van der Waals surface area contributed by atoms with Crippen molar-refractivity contribution in [2.45, 2.75) is 19.8 Å². The molecule has 1 aliphatic heterocycles. The van der Waals surface area contributed by atoms with Gasteiger partial charge in [0.05, 0.1) is 17.9 Å². The molecule has 6 heteroatoms. The van der Waals surface area contributed by atoms with Crippen molar-refractivity contribution in [1.29, 1.82) is 0 Å². The van der Waals surface area contributed by atoms with Crippen LogP contribution in [0.15, 0.2) is 12.7 Å². The molecule has 1 atom stereocenters. The van der Waals surface area contributed by atoms with Crippen molar-refractivity contribution in [3.63, 3.8) is 0 Å². The normalized spacial score (nSPS) is 21.8. The summed E-state index contributed by atoms with van der Waals surface area (Å²) in [5.41, 5.74) is -0.642. The van der Waals surface area contributed by atoms with Gasteiger partial charge in [0.15, 0.2) is 0 Å². The fourth-order valence-electron chi connectivity index (χ4n) is 2.00. The van der Waals surface area contributed by atoms with E-state index in [9.17, 15) is 13.6 Å². The monoisotopic (exact) mass is 260 g/mol. The lowest BCUT2D eigenvalue weighted by molar-refractivity contribution is -0.154. The van der Waals surface area contributed by atoms with Gasteiger partial charge in [-0.05, 0) is 30.8 Å². The zero-order valence-electron chi connectivity index (χ0n) is 10.0. The first kappa shape index (κ1) is 14.3. The number of hydrogen-bond donors (Lipinski definition) is 0. The maximum atomic E-state index is 11.8. The van der Waals surface area contributed by atoms with Crippen LogP contribution in [-0.2, 0) is 20.6 Å². The van der Waals surface area contributed by atoms with E-state index in [0.29, 0.717) is 32.5 Å². The number of hydrogen-bond acceptors (Lipinski definition) is 5. The van der Waals surface area contributed by atoms with E-state index in [1.54, 1.807) is 13.0 Å². The highest BCUT2D eigenvalue weighted by Crippen LogP contribution is 2.34. The van der Waals surface area contributed by atoms with Crippen molar-refractivity contribution in [1.82, 2.24) is 4.90 Å². The largest absolute Gasteiger partial charge is 0.771 e. The highest BCUT2D eigenvalue weighted by Gasteiger charge is 2.39. The van der Waals surface area contributed by atoms with Gasteiger partial charge in [0.2, 0.25) is 0 Å². The zero-order chi connectivity index (χ0) is 12.9. The molecule has 0 aromatic rings. The molecule has 98 valence electrons. The molecule has 1 aliphatic rings. The molecule has 0 aliphatic carbocycles. The van der Waals surface area contributed by atoms with Crippen molar-refractivity contribution in [3.05, 3.63) is 12.7 Å². The molecule has 0 saturated carbocycles. The molecule has 0 bridgehead atoms. The number of rotatable bonds is 5. The summed E-state index contributed by atoms with van der Waals surface area (Å²) in [6, 6.07) is 0. The summed E-state index contributed by atoms with van der Waals surface area (Å²) in [5, 5.41) is 0. The fourth-order valence-corrected chi connectivity index (χ4v) is 2.55. The third kappa shape index (κ3) is 3.62. The summed E-state index contributed by atoms with van der Waals surface area (Å²) < 4.78 is 26.2. The Labute approximate surface area is 104 Å². The van der Waals surface area contributed by atoms with E-state index in [-0.39, 0.29) is 11.8 Å². The zero-order valence-corrected chi connectivity index (χ0v) is 10.8. The van der Waals surface area contributed by atoms with Gasteiger partial charge in [-0.1, -0.05) is 6.08 Å². The molecule has 1 saturated heterocycles. The number of nitrogens with zero attached hydrogens (tertiary/aromatic N) is 1. The summed E-state index contributed by atoms with van der Waals surface area (Å²) in [6.45, 7) is 6.96. The van der Waals surface area contributed by atoms with E-state index in [4.69, 9.17) is 4.74 Å². The van der Waals surface area contributed by atoms with Crippen LogP contribution < -0.4 is 0 Å². The van der Waals surface area contributed by atoms with Gasteiger partial charge in [0, 0.05) is 13.1 Å². The molecular weight excluding hydrogens is 242 g/mol. The standard InChI is InChI=1S/C11H19NO4S/c1-3-11(10(13)16-4-2)5-7-12(8-6-11)9-17(14)15/h3H,1,4-9H2,2H3,(H,14,15)/p-1. The smallest absolute Gasteiger partial charge is 0.316 e. The van der Waals surface area contributed by atoms with Gasteiger partial charge < -0.3 is 9.29 Å². The highest BCUT2D eigenvalue weighted by molar-refractivity contribution is 7.79. The predicted octanol–water partition coefficient (Wildman–Crippen LogP) is 0.654. The molecule has 17 heavy (non-hydrogen) atoms. The Morgan fingerprint density at radius 2 is 2.18 bits per heavy atom. The Balaban J connectivity index is 2.59. The Morgan fingerprint density at radius 1 is 1.59 bits per heavy atom. The molecule has 1 heterocycles. The van der Waals surface area contributed by atoms with Gasteiger partial charge in [0.25, 0.3) is 0 Å². The SMILES string of the molecule is C=CC1(C(=O)OCC)CCN(CS(=O)[O-])CC1. The summed E-state index contributed by atoms with van der Waals surface area (Å²) in [5.74, 6) is -0.228. The van der Waals surface area contributed by atoms with E-state index in [0.717, 1.165) is 0 Å². The minimum atomic E-state index is -2.07. The first-order chi connectivity index (χ1) is 8.04. The maximum Gasteiger partial charge on any atom is 0.316 e. The molecule has 0 N–H and O–H groups in total. The van der Waals surface area contributed by atoms with E-state index in [1.807, 2.05) is 4.90 Å². The van der Waals surface area contributed by atoms with Gasteiger partial charge in [-0.15, -0.1) is 6.58 Å². The average molecular weight is 260 g/mol. The molecule has 0 amide bonds. The van der Waals surface area contributed by atoms with Gasteiger partial charge in [0.1, 0.15) is 0 Å².